The summed E-state index contributed by atoms with van der Waals surface area (Å²) >= 11 is 6.04. The van der Waals surface area contributed by atoms with Crippen molar-refractivity contribution in [1.82, 2.24) is 14.5 Å². The molecule has 0 saturated carbocycles. The zero-order valence-corrected chi connectivity index (χ0v) is 15.3. The smallest absolute Gasteiger partial charge is 0.245 e. The molecule has 6 nitrogen and oxygen atoms in total. The molecule has 0 radical (unpaired) electrons. The lowest BCUT2D eigenvalue weighted by molar-refractivity contribution is -0.133. The molecule has 1 N–H and O–H groups in total. The highest BCUT2D eigenvalue weighted by Crippen LogP contribution is 2.20. The standard InChI is InChI=1S/C19H19ClN4O2/c1-13-5-7-21-17(9-13)22-18(25)11-23(2)19(26)12-24-8-6-14-3-4-15(20)10-16(14)24/h3-10H,11-12H2,1-2H3,(H,21,22,25). The van der Waals surface area contributed by atoms with Crippen molar-refractivity contribution < 1.29 is 9.59 Å². The largest absolute Gasteiger partial charge is 0.338 e. The highest BCUT2D eigenvalue weighted by molar-refractivity contribution is 6.31. The molecule has 134 valence electrons. The summed E-state index contributed by atoms with van der Waals surface area (Å²) < 4.78 is 1.82. The highest BCUT2D eigenvalue weighted by atomic mass is 35.5. The molecule has 2 heterocycles. The van der Waals surface area contributed by atoms with Gasteiger partial charge >= 0.3 is 0 Å². The van der Waals surface area contributed by atoms with Gasteiger partial charge < -0.3 is 14.8 Å². The van der Waals surface area contributed by atoms with Crippen LogP contribution in [0.3, 0.4) is 0 Å². The van der Waals surface area contributed by atoms with Gasteiger partial charge in [0.2, 0.25) is 11.8 Å². The van der Waals surface area contributed by atoms with Crippen LogP contribution in [-0.2, 0) is 16.1 Å². The molecule has 7 heteroatoms. The Morgan fingerprint density at radius 2 is 2.04 bits per heavy atom. The van der Waals surface area contributed by atoms with Gasteiger partial charge in [0.15, 0.2) is 0 Å². The maximum Gasteiger partial charge on any atom is 0.245 e. The first-order valence-electron chi connectivity index (χ1n) is 8.13. The third kappa shape index (κ3) is 4.21. The van der Waals surface area contributed by atoms with Crippen LogP contribution in [0.15, 0.2) is 48.8 Å². The van der Waals surface area contributed by atoms with Crippen molar-refractivity contribution in [3.63, 3.8) is 0 Å². The van der Waals surface area contributed by atoms with Crippen LogP contribution in [-0.4, -0.2) is 39.9 Å². The Morgan fingerprint density at radius 3 is 2.81 bits per heavy atom. The number of aryl methyl sites for hydroxylation is 1. The SMILES string of the molecule is Cc1ccnc(NC(=O)CN(C)C(=O)Cn2ccc3ccc(Cl)cc32)c1. The fraction of sp³-hybridized carbons (Fsp3) is 0.211. The number of nitrogens with zero attached hydrogens (tertiary/aromatic N) is 3. The van der Waals surface area contributed by atoms with Crippen molar-refractivity contribution in [2.24, 2.45) is 0 Å². The zero-order chi connectivity index (χ0) is 18.7. The molecule has 0 atom stereocenters. The number of aromatic nitrogens is 2. The molecule has 0 spiro atoms. The summed E-state index contributed by atoms with van der Waals surface area (Å²) in [4.78, 5) is 30.1. The topological polar surface area (TPSA) is 67.2 Å². The van der Waals surface area contributed by atoms with Crippen LogP contribution >= 0.6 is 11.6 Å². The van der Waals surface area contributed by atoms with Crippen molar-refractivity contribution in [3.05, 3.63) is 59.4 Å². The van der Waals surface area contributed by atoms with Gasteiger partial charge in [-0.25, -0.2) is 4.98 Å². The van der Waals surface area contributed by atoms with Crippen LogP contribution in [0.2, 0.25) is 5.02 Å². The van der Waals surface area contributed by atoms with Gasteiger partial charge in [-0.15, -0.1) is 0 Å². The molecule has 0 aliphatic carbocycles. The second kappa shape index (κ2) is 7.58. The van der Waals surface area contributed by atoms with Gasteiger partial charge in [-0.05, 0) is 48.2 Å². The molecular formula is C19H19ClN4O2. The molecule has 26 heavy (non-hydrogen) atoms. The van der Waals surface area contributed by atoms with Crippen LogP contribution in [0.4, 0.5) is 5.82 Å². The fourth-order valence-corrected chi connectivity index (χ4v) is 2.82. The number of fused-ring (bicyclic) bond motifs is 1. The third-order valence-electron chi connectivity index (χ3n) is 4.03. The molecule has 0 aliphatic rings. The number of hydrogen-bond donors (Lipinski definition) is 1. The molecule has 0 bridgehead atoms. The van der Waals surface area contributed by atoms with E-state index in [0.717, 1.165) is 16.5 Å². The number of anilines is 1. The first-order valence-corrected chi connectivity index (χ1v) is 8.51. The first-order chi connectivity index (χ1) is 12.4. The number of likely N-dealkylation sites (N-methyl/N-ethyl adjacent to an activating group) is 1. The Hall–Kier alpha value is -2.86. The number of amides is 2. The number of hydrogen-bond acceptors (Lipinski definition) is 3. The second-order valence-electron chi connectivity index (χ2n) is 6.16. The lowest BCUT2D eigenvalue weighted by Gasteiger charge is -2.17. The van der Waals surface area contributed by atoms with Crippen LogP contribution in [0.5, 0.6) is 0 Å². The molecule has 2 amide bonds. The summed E-state index contributed by atoms with van der Waals surface area (Å²) in [5.74, 6) is 0.0103. The summed E-state index contributed by atoms with van der Waals surface area (Å²) in [5, 5.41) is 4.32. The monoisotopic (exact) mass is 370 g/mol. The number of rotatable bonds is 5. The van der Waals surface area contributed by atoms with Crippen molar-refractivity contribution in [3.8, 4) is 0 Å². The van der Waals surface area contributed by atoms with E-state index in [9.17, 15) is 9.59 Å². The van der Waals surface area contributed by atoms with Crippen molar-refractivity contribution in [1.29, 1.82) is 0 Å². The summed E-state index contributed by atoms with van der Waals surface area (Å²) in [7, 11) is 1.60. The van der Waals surface area contributed by atoms with E-state index in [1.54, 1.807) is 19.3 Å². The summed E-state index contributed by atoms with van der Waals surface area (Å²) in [6, 6.07) is 11.1. The molecule has 0 unspecified atom stereocenters. The lowest BCUT2D eigenvalue weighted by Crippen LogP contribution is -2.36. The maximum atomic E-state index is 12.5. The van der Waals surface area contributed by atoms with E-state index in [1.807, 2.05) is 48.0 Å². The summed E-state index contributed by atoms with van der Waals surface area (Å²) in [5.41, 5.74) is 1.88. The van der Waals surface area contributed by atoms with Crippen molar-refractivity contribution in [2.45, 2.75) is 13.5 Å². The van der Waals surface area contributed by atoms with E-state index in [4.69, 9.17) is 11.6 Å². The van der Waals surface area contributed by atoms with E-state index >= 15 is 0 Å². The average molecular weight is 371 g/mol. The Morgan fingerprint density at radius 1 is 1.23 bits per heavy atom. The predicted octanol–water partition coefficient (Wildman–Crippen LogP) is 3.10. The molecule has 1 aromatic carbocycles. The van der Waals surface area contributed by atoms with Gasteiger partial charge in [-0.3, -0.25) is 9.59 Å². The van der Waals surface area contributed by atoms with E-state index in [1.165, 1.54) is 4.90 Å². The normalized spacial score (nSPS) is 10.7. The van der Waals surface area contributed by atoms with Crippen LogP contribution in [0.1, 0.15) is 5.56 Å². The number of halogens is 1. The van der Waals surface area contributed by atoms with Gasteiger partial charge in [0.1, 0.15) is 12.4 Å². The first kappa shape index (κ1) is 17.9. The van der Waals surface area contributed by atoms with Gasteiger partial charge in [0, 0.05) is 30.0 Å². The Kier molecular flexibility index (Phi) is 5.23. The van der Waals surface area contributed by atoms with Crippen molar-refractivity contribution in [2.75, 3.05) is 18.9 Å². The average Bonchev–Trinajstić information content (AvgIpc) is 2.96. The minimum atomic E-state index is -0.292. The molecule has 3 rings (SSSR count). The third-order valence-corrected chi connectivity index (χ3v) is 4.27. The number of benzene rings is 1. The second-order valence-corrected chi connectivity index (χ2v) is 6.60. The van der Waals surface area contributed by atoms with E-state index < -0.39 is 0 Å². The van der Waals surface area contributed by atoms with Gasteiger partial charge in [0.05, 0.1) is 6.54 Å². The fourth-order valence-electron chi connectivity index (χ4n) is 2.65. The minimum absolute atomic E-state index is 0.0472. The predicted molar refractivity (Wildman–Crippen MR) is 102 cm³/mol. The van der Waals surface area contributed by atoms with Crippen LogP contribution in [0, 0.1) is 6.92 Å². The zero-order valence-electron chi connectivity index (χ0n) is 14.6. The minimum Gasteiger partial charge on any atom is -0.338 e. The molecular weight excluding hydrogens is 352 g/mol. The molecule has 0 aliphatic heterocycles. The highest BCUT2D eigenvalue weighted by Gasteiger charge is 2.15. The Bertz CT molecular complexity index is 967. The van der Waals surface area contributed by atoms with E-state index in [-0.39, 0.29) is 24.9 Å². The summed E-state index contributed by atoms with van der Waals surface area (Å²) in [6.07, 6.45) is 3.46. The Labute approximate surface area is 156 Å². The number of carbonyl (C=O) groups is 2. The van der Waals surface area contributed by atoms with E-state index in [0.29, 0.717) is 10.8 Å². The summed E-state index contributed by atoms with van der Waals surface area (Å²) in [6.45, 7) is 2.01. The quantitative estimate of drug-likeness (QED) is 0.750. The molecule has 0 saturated heterocycles. The number of pyridine rings is 1. The van der Waals surface area contributed by atoms with Crippen molar-refractivity contribution >= 4 is 40.1 Å². The number of carbonyl (C=O) groups excluding carboxylic acids is 2. The number of nitrogens with one attached hydrogen (secondary N) is 1. The molecule has 2 aromatic heterocycles. The van der Waals surface area contributed by atoms with Crippen LogP contribution in [0.25, 0.3) is 10.9 Å². The molecule has 3 aromatic rings. The van der Waals surface area contributed by atoms with Gasteiger partial charge in [-0.1, -0.05) is 17.7 Å². The van der Waals surface area contributed by atoms with Gasteiger partial charge in [-0.2, -0.15) is 0 Å². The molecule has 0 fully saturated rings. The maximum absolute atomic E-state index is 12.5. The lowest BCUT2D eigenvalue weighted by atomic mass is 10.2. The van der Waals surface area contributed by atoms with Crippen LogP contribution < -0.4 is 5.32 Å². The van der Waals surface area contributed by atoms with E-state index in [2.05, 4.69) is 10.3 Å². The Balaban J connectivity index is 1.62. The van der Waals surface area contributed by atoms with Gasteiger partial charge in [0.25, 0.3) is 0 Å².